The number of halogens is 2. The summed E-state index contributed by atoms with van der Waals surface area (Å²) in [6.45, 7) is 1.92. The van der Waals surface area contributed by atoms with Gasteiger partial charge in [0.1, 0.15) is 5.82 Å². The van der Waals surface area contributed by atoms with Crippen LogP contribution in [0.3, 0.4) is 0 Å². The predicted molar refractivity (Wildman–Crippen MR) is 84.2 cm³/mol. The summed E-state index contributed by atoms with van der Waals surface area (Å²) in [7, 11) is 0. The number of anilines is 3. The summed E-state index contributed by atoms with van der Waals surface area (Å²) in [5.41, 5.74) is 6.70. The Morgan fingerprint density at radius 2 is 2.00 bits per heavy atom. The van der Waals surface area contributed by atoms with Gasteiger partial charge in [-0.25, -0.2) is 9.18 Å². The van der Waals surface area contributed by atoms with Crippen molar-refractivity contribution >= 4 is 39.0 Å². The van der Waals surface area contributed by atoms with Crippen LogP contribution in [0.25, 0.3) is 0 Å². The Bertz CT molecular complexity index is 659. The van der Waals surface area contributed by atoms with Crippen molar-refractivity contribution in [1.29, 1.82) is 0 Å². The average molecular weight is 353 g/mol. The van der Waals surface area contributed by atoms with Crippen LogP contribution < -0.4 is 11.1 Å². The van der Waals surface area contributed by atoms with Crippen LogP contribution in [-0.4, -0.2) is 12.6 Å². The predicted octanol–water partition coefficient (Wildman–Crippen LogP) is 4.09. The lowest BCUT2D eigenvalue weighted by Crippen LogP contribution is -2.09. The number of nitrogen functional groups attached to an aromatic ring is 1. The second kappa shape index (κ2) is 6.58. The van der Waals surface area contributed by atoms with Gasteiger partial charge < -0.3 is 15.8 Å². The number of esters is 1. The number of carbonyl (C=O) groups excluding carboxylic acids is 1. The molecular formula is C15H14BrFN2O2. The van der Waals surface area contributed by atoms with Crippen molar-refractivity contribution < 1.29 is 13.9 Å². The zero-order valence-electron chi connectivity index (χ0n) is 11.3. The van der Waals surface area contributed by atoms with E-state index in [0.29, 0.717) is 5.69 Å². The van der Waals surface area contributed by atoms with Crippen LogP contribution in [0.1, 0.15) is 17.3 Å². The Labute approximate surface area is 130 Å². The molecule has 0 aliphatic rings. The minimum Gasteiger partial charge on any atom is -0.462 e. The molecule has 0 bridgehead atoms. The molecule has 0 radical (unpaired) electrons. The first-order chi connectivity index (χ1) is 10.0. The third-order valence-electron chi connectivity index (χ3n) is 2.76. The summed E-state index contributed by atoms with van der Waals surface area (Å²) in [6.07, 6.45) is 0. The highest BCUT2D eigenvalue weighted by Gasteiger charge is 2.15. The van der Waals surface area contributed by atoms with Gasteiger partial charge >= 0.3 is 5.97 Å². The summed E-state index contributed by atoms with van der Waals surface area (Å²) < 4.78 is 19.7. The van der Waals surface area contributed by atoms with Crippen molar-refractivity contribution in [3.8, 4) is 0 Å². The molecule has 0 spiro atoms. The van der Waals surface area contributed by atoms with E-state index >= 15 is 0 Å². The van der Waals surface area contributed by atoms with Gasteiger partial charge in [-0.2, -0.15) is 0 Å². The van der Waals surface area contributed by atoms with Crippen molar-refractivity contribution in [1.82, 2.24) is 0 Å². The molecule has 110 valence electrons. The lowest BCUT2D eigenvalue weighted by Gasteiger charge is -2.11. The first-order valence-electron chi connectivity index (χ1n) is 6.30. The molecular weight excluding hydrogens is 339 g/mol. The maximum Gasteiger partial charge on any atom is 0.340 e. The maximum absolute atomic E-state index is 13.9. The standard InChI is InChI=1S/C15H14BrFN2O2/c1-2-21-15(20)11-7-14(12(17)8-13(11)18)19-10-5-3-9(16)4-6-10/h3-8,19H,2,18H2,1H3. The minimum atomic E-state index is -0.575. The van der Waals surface area contributed by atoms with E-state index in [4.69, 9.17) is 10.5 Å². The first-order valence-corrected chi connectivity index (χ1v) is 7.09. The number of hydrogen-bond acceptors (Lipinski definition) is 4. The molecule has 21 heavy (non-hydrogen) atoms. The van der Waals surface area contributed by atoms with Crippen molar-refractivity contribution in [3.05, 3.63) is 52.3 Å². The van der Waals surface area contributed by atoms with Gasteiger partial charge in [0.25, 0.3) is 0 Å². The zero-order chi connectivity index (χ0) is 15.4. The van der Waals surface area contributed by atoms with Crippen molar-refractivity contribution in [2.75, 3.05) is 17.7 Å². The van der Waals surface area contributed by atoms with Crippen molar-refractivity contribution in [3.63, 3.8) is 0 Å². The summed E-state index contributed by atoms with van der Waals surface area (Å²) in [6, 6.07) is 9.67. The van der Waals surface area contributed by atoms with E-state index in [1.807, 2.05) is 12.1 Å². The van der Waals surface area contributed by atoms with Gasteiger partial charge in [-0.1, -0.05) is 15.9 Å². The largest absolute Gasteiger partial charge is 0.462 e. The second-order valence-electron chi connectivity index (χ2n) is 4.27. The molecule has 0 saturated heterocycles. The Balaban J connectivity index is 2.32. The molecule has 0 aliphatic heterocycles. The lowest BCUT2D eigenvalue weighted by molar-refractivity contribution is 0.0527. The van der Waals surface area contributed by atoms with Crippen molar-refractivity contribution in [2.24, 2.45) is 0 Å². The van der Waals surface area contributed by atoms with Gasteiger partial charge in [-0.05, 0) is 43.3 Å². The molecule has 0 unspecified atom stereocenters. The zero-order valence-corrected chi connectivity index (χ0v) is 12.9. The number of carbonyl (C=O) groups is 1. The first kappa shape index (κ1) is 15.3. The van der Waals surface area contributed by atoms with Gasteiger partial charge in [0.2, 0.25) is 0 Å². The number of ether oxygens (including phenoxy) is 1. The van der Waals surface area contributed by atoms with E-state index in [2.05, 4.69) is 21.2 Å². The van der Waals surface area contributed by atoms with Crippen LogP contribution in [0, 0.1) is 5.82 Å². The van der Waals surface area contributed by atoms with Crippen molar-refractivity contribution in [2.45, 2.75) is 6.92 Å². The van der Waals surface area contributed by atoms with Crippen LogP contribution in [-0.2, 0) is 4.74 Å². The van der Waals surface area contributed by atoms with E-state index in [1.54, 1.807) is 19.1 Å². The molecule has 2 aromatic rings. The van der Waals surface area contributed by atoms with Gasteiger partial charge in [0.15, 0.2) is 0 Å². The van der Waals surface area contributed by atoms with E-state index in [-0.39, 0.29) is 23.5 Å². The summed E-state index contributed by atoms with van der Waals surface area (Å²) in [5, 5.41) is 2.90. The van der Waals surface area contributed by atoms with Gasteiger partial charge in [-0.3, -0.25) is 0 Å². The molecule has 0 saturated carbocycles. The third-order valence-corrected chi connectivity index (χ3v) is 3.29. The molecule has 2 aromatic carbocycles. The number of hydrogen-bond donors (Lipinski definition) is 2. The Kier molecular flexibility index (Phi) is 4.80. The average Bonchev–Trinajstić information content (AvgIpc) is 2.44. The number of benzene rings is 2. The molecule has 0 amide bonds. The molecule has 4 nitrogen and oxygen atoms in total. The number of nitrogens with two attached hydrogens (primary N) is 1. The monoisotopic (exact) mass is 352 g/mol. The highest BCUT2D eigenvalue weighted by Crippen LogP contribution is 2.26. The SMILES string of the molecule is CCOC(=O)c1cc(Nc2ccc(Br)cc2)c(F)cc1N. The van der Waals surface area contributed by atoms with Crippen LogP contribution in [0.2, 0.25) is 0 Å². The van der Waals surface area contributed by atoms with E-state index in [1.165, 1.54) is 6.07 Å². The molecule has 6 heteroatoms. The summed E-state index contributed by atoms with van der Waals surface area (Å²) in [5.74, 6) is -1.11. The fourth-order valence-electron chi connectivity index (χ4n) is 1.76. The maximum atomic E-state index is 13.9. The Morgan fingerprint density at radius 1 is 1.33 bits per heavy atom. The van der Waals surface area contributed by atoms with Crippen LogP contribution in [0.15, 0.2) is 40.9 Å². The highest BCUT2D eigenvalue weighted by atomic mass is 79.9. The third kappa shape index (κ3) is 3.72. The smallest absolute Gasteiger partial charge is 0.340 e. The van der Waals surface area contributed by atoms with Crippen LogP contribution in [0.5, 0.6) is 0 Å². The fourth-order valence-corrected chi connectivity index (χ4v) is 2.02. The van der Waals surface area contributed by atoms with E-state index in [0.717, 1.165) is 10.5 Å². The molecule has 0 heterocycles. The summed E-state index contributed by atoms with van der Waals surface area (Å²) >= 11 is 3.32. The molecule has 2 rings (SSSR count). The normalized spacial score (nSPS) is 10.2. The molecule has 0 aromatic heterocycles. The lowest BCUT2D eigenvalue weighted by atomic mass is 10.1. The van der Waals surface area contributed by atoms with E-state index in [9.17, 15) is 9.18 Å². The molecule has 3 N–H and O–H groups in total. The minimum absolute atomic E-state index is 0.0484. The molecule has 0 atom stereocenters. The van der Waals surface area contributed by atoms with Crippen LogP contribution >= 0.6 is 15.9 Å². The van der Waals surface area contributed by atoms with Gasteiger partial charge in [-0.15, -0.1) is 0 Å². The van der Waals surface area contributed by atoms with Gasteiger partial charge in [0, 0.05) is 15.8 Å². The molecule has 0 aliphatic carbocycles. The second-order valence-corrected chi connectivity index (χ2v) is 5.19. The highest BCUT2D eigenvalue weighted by molar-refractivity contribution is 9.10. The molecule has 0 fully saturated rings. The van der Waals surface area contributed by atoms with E-state index < -0.39 is 11.8 Å². The fraction of sp³-hybridized carbons (Fsp3) is 0.133. The number of nitrogens with one attached hydrogen (secondary N) is 1. The summed E-state index contributed by atoms with van der Waals surface area (Å²) in [4.78, 5) is 11.8. The quantitative estimate of drug-likeness (QED) is 0.642. The Morgan fingerprint density at radius 3 is 2.62 bits per heavy atom. The van der Waals surface area contributed by atoms with Gasteiger partial charge in [0.05, 0.1) is 17.9 Å². The topological polar surface area (TPSA) is 64.3 Å². The Hall–Kier alpha value is -2.08. The van der Waals surface area contributed by atoms with Crippen LogP contribution in [0.4, 0.5) is 21.5 Å². The number of rotatable bonds is 4.